The summed E-state index contributed by atoms with van der Waals surface area (Å²) in [6, 6.07) is -1.21. The van der Waals surface area contributed by atoms with Gasteiger partial charge in [0.15, 0.2) is 6.23 Å². The van der Waals surface area contributed by atoms with Crippen molar-refractivity contribution in [2.24, 2.45) is 0 Å². The van der Waals surface area contributed by atoms with Crippen LogP contribution in [0.1, 0.15) is 6.42 Å². The zero-order valence-electron chi connectivity index (χ0n) is 7.84. The number of hydrogen-bond acceptors (Lipinski definition) is 5. The SMILES string of the molecule is O=C([O-])[C@H]1/C(=C/C[O-])O[C@@H]2CC(=O)N21.[Ca+2]. The maximum Gasteiger partial charge on any atom is 2.00 e. The Morgan fingerprint density at radius 2 is 2.33 bits per heavy atom. The number of ether oxygens (including phenoxy) is 1. The van der Waals surface area contributed by atoms with E-state index in [4.69, 9.17) is 4.74 Å². The van der Waals surface area contributed by atoms with Gasteiger partial charge in [0.25, 0.3) is 0 Å². The molecule has 0 N–H and O–H groups in total. The third-order valence-electron chi connectivity index (χ3n) is 2.28. The molecule has 0 spiro atoms. The summed E-state index contributed by atoms with van der Waals surface area (Å²) >= 11 is 0. The molecule has 0 aliphatic carbocycles. The first kappa shape index (κ1) is 12.8. The van der Waals surface area contributed by atoms with Crippen LogP contribution in [0.2, 0.25) is 0 Å². The van der Waals surface area contributed by atoms with Gasteiger partial charge in [-0.3, -0.25) is 9.69 Å². The molecule has 2 rings (SSSR count). The van der Waals surface area contributed by atoms with Gasteiger partial charge in [0.05, 0.1) is 12.4 Å². The number of hydrogen-bond donors (Lipinski definition) is 0. The van der Waals surface area contributed by atoms with E-state index in [0.29, 0.717) is 0 Å². The van der Waals surface area contributed by atoms with E-state index in [2.05, 4.69) is 0 Å². The molecule has 2 fully saturated rings. The Labute approximate surface area is 115 Å². The number of carboxylic acid groups (broad SMARTS) is 1. The molecule has 2 saturated heterocycles. The van der Waals surface area contributed by atoms with Gasteiger partial charge in [-0.05, 0) is 0 Å². The van der Waals surface area contributed by atoms with Gasteiger partial charge in [-0.2, -0.15) is 0 Å². The molecule has 0 aromatic heterocycles. The summed E-state index contributed by atoms with van der Waals surface area (Å²) < 4.78 is 5.09. The van der Waals surface area contributed by atoms with E-state index in [-0.39, 0.29) is 55.8 Å². The zero-order chi connectivity index (χ0) is 10.3. The zero-order valence-corrected chi connectivity index (χ0v) is 10.1. The first-order valence-corrected chi connectivity index (χ1v) is 4.12. The van der Waals surface area contributed by atoms with Crippen molar-refractivity contribution in [3.8, 4) is 0 Å². The van der Waals surface area contributed by atoms with E-state index < -0.39 is 24.8 Å². The number of rotatable bonds is 2. The van der Waals surface area contributed by atoms with Crippen LogP contribution in [0.3, 0.4) is 0 Å². The number of nitrogens with zero attached hydrogens (tertiary/aromatic N) is 1. The standard InChI is InChI=1S/C8H8NO5.Ca/c10-2-1-4-7(8(12)13)9-5(11)3-6(9)14-4;/h1,6-7H,2-3H2,(H,12,13);/q-1;+2/p-1/b4-1-;/t6-,7-;/m1./s1. The van der Waals surface area contributed by atoms with Gasteiger partial charge in [-0.25, -0.2) is 0 Å². The van der Waals surface area contributed by atoms with Crippen molar-refractivity contribution in [2.45, 2.75) is 18.7 Å². The summed E-state index contributed by atoms with van der Waals surface area (Å²) in [5.41, 5.74) is 0. The van der Waals surface area contributed by atoms with Gasteiger partial charge in [0.1, 0.15) is 11.8 Å². The topological polar surface area (TPSA) is 92.7 Å². The summed E-state index contributed by atoms with van der Waals surface area (Å²) in [5, 5.41) is 21.0. The minimum atomic E-state index is -1.42. The Kier molecular flexibility index (Phi) is 3.99. The summed E-state index contributed by atoms with van der Waals surface area (Å²) in [6.45, 7) is -0.576. The number of carboxylic acids is 1. The predicted octanol–water partition coefficient (Wildman–Crippen LogP) is -3.44. The van der Waals surface area contributed by atoms with Crippen molar-refractivity contribution in [1.29, 1.82) is 0 Å². The number of carbonyl (C=O) groups is 2. The quantitative estimate of drug-likeness (QED) is 0.368. The van der Waals surface area contributed by atoms with Crippen molar-refractivity contribution in [3.05, 3.63) is 11.8 Å². The van der Waals surface area contributed by atoms with Crippen LogP contribution in [-0.2, 0) is 14.3 Å². The molecule has 2 aliphatic rings. The maximum absolute atomic E-state index is 11.0. The molecular weight excluding hydrogens is 230 g/mol. The van der Waals surface area contributed by atoms with E-state index in [9.17, 15) is 19.8 Å². The Balaban J connectivity index is 0.00000112. The van der Waals surface area contributed by atoms with Gasteiger partial charge < -0.3 is 19.7 Å². The molecule has 15 heavy (non-hydrogen) atoms. The van der Waals surface area contributed by atoms with Crippen LogP contribution >= 0.6 is 0 Å². The van der Waals surface area contributed by atoms with Crippen LogP contribution in [0.25, 0.3) is 0 Å². The second-order valence-corrected chi connectivity index (χ2v) is 3.07. The van der Waals surface area contributed by atoms with Crippen molar-refractivity contribution in [1.82, 2.24) is 4.90 Å². The fourth-order valence-electron chi connectivity index (χ4n) is 1.64. The predicted molar refractivity (Wildman–Crippen MR) is 43.8 cm³/mol. The Morgan fingerprint density at radius 3 is 2.80 bits per heavy atom. The Morgan fingerprint density at radius 1 is 1.67 bits per heavy atom. The molecule has 76 valence electrons. The minimum absolute atomic E-state index is 0. The first-order chi connectivity index (χ1) is 6.65. The third-order valence-corrected chi connectivity index (χ3v) is 2.28. The monoisotopic (exact) mass is 237 g/mol. The molecule has 0 unspecified atom stereocenters. The fraction of sp³-hybridized carbons (Fsp3) is 0.500. The molecule has 2 atom stereocenters. The molecule has 2 heterocycles. The molecule has 0 aromatic carbocycles. The summed E-state index contributed by atoms with van der Waals surface area (Å²) in [6.07, 6.45) is 0.759. The first-order valence-electron chi connectivity index (χ1n) is 4.12. The largest absolute Gasteiger partial charge is 2.00 e. The number of aliphatic carboxylic acids is 1. The second kappa shape index (κ2) is 4.69. The number of fused-ring (bicyclic) bond motifs is 1. The van der Waals surface area contributed by atoms with E-state index >= 15 is 0 Å². The smallest absolute Gasteiger partial charge is 0.851 e. The Bertz CT molecular complexity index is 329. The van der Waals surface area contributed by atoms with E-state index in [1.165, 1.54) is 0 Å². The molecule has 0 aromatic rings. The van der Waals surface area contributed by atoms with Crippen LogP contribution in [0.5, 0.6) is 0 Å². The third kappa shape index (κ3) is 1.99. The van der Waals surface area contributed by atoms with Crippen LogP contribution in [0.15, 0.2) is 11.8 Å². The normalized spacial score (nSPS) is 30.3. The number of β-lactam (4-membered cyclic amide) rings is 1. The Hall–Kier alpha value is -0.300. The van der Waals surface area contributed by atoms with Gasteiger partial charge in [0, 0.05) is 0 Å². The maximum atomic E-state index is 11.0. The van der Waals surface area contributed by atoms with Gasteiger partial charge >= 0.3 is 37.7 Å². The van der Waals surface area contributed by atoms with Gasteiger partial charge in [-0.1, -0.05) is 6.08 Å². The van der Waals surface area contributed by atoms with Crippen LogP contribution in [0, 0.1) is 0 Å². The summed E-state index contributed by atoms with van der Waals surface area (Å²) in [5.74, 6) is -1.69. The number of carbonyl (C=O) groups excluding carboxylic acids is 2. The number of amides is 1. The van der Waals surface area contributed by atoms with E-state index in [0.717, 1.165) is 11.0 Å². The van der Waals surface area contributed by atoms with E-state index in [1.54, 1.807) is 0 Å². The molecule has 1 amide bonds. The molecule has 2 aliphatic heterocycles. The average Bonchev–Trinajstić information content (AvgIpc) is 2.39. The average molecular weight is 237 g/mol. The van der Waals surface area contributed by atoms with Crippen LogP contribution in [-0.4, -0.2) is 73.4 Å². The second-order valence-electron chi connectivity index (χ2n) is 3.07. The molecule has 6 nitrogen and oxygen atoms in total. The van der Waals surface area contributed by atoms with Crippen LogP contribution < -0.4 is 10.2 Å². The molecule has 7 heteroatoms. The van der Waals surface area contributed by atoms with E-state index in [1.807, 2.05) is 0 Å². The van der Waals surface area contributed by atoms with Crippen molar-refractivity contribution >= 4 is 49.6 Å². The summed E-state index contributed by atoms with van der Waals surface area (Å²) in [4.78, 5) is 22.8. The molecule has 0 radical (unpaired) electrons. The van der Waals surface area contributed by atoms with Crippen molar-refractivity contribution in [2.75, 3.05) is 6.61 Å². The van der Waals surface area contributed by atoms with Crippen LogP contribution in [0.4, 0.5) is 0 Å². The molecule has 0 saturated carbocycles. The molecule has 0 bridgehead atoms. The van der Waals surface area contributed by atoms with Gasteiger partial charge in [0.2, 0.25) is 5.91 Å². The van der Waals surface area contributed by atoms with Crippen molar-refractivity contribution in [3.63, 3.8) is 0 Å². The summed E-state index contributed by atoms with van der Waals surface area (Å²) in [7, 11) is 0. The fourth-order valence-corrected chi connectivity index (χ4v) is 1.64. The van der Waals surface area contributed by atoms with Gasteiger partial charge in [-0.15, -0.1) is 6.61 Å². The molecular formula is C8H7CaNO5. The minimum Gasteiger partial charge on any atom is -0.851 e. The van der Waals surface area contributed by atoms with Crippen molar-refractivity contribution < 1.29 is 24.5 Å².